The van der Waals surface area contributed by atoms with Gasteiger partial charge in [-0.15, -0.1) is 11.3 Å². The van der Waals surface area contributed by atoms with Gasteiger partial charge in [-0.25, -0.2) is 17.2 Å². The van der Waals surface area contributed by atoms with Crippen molar-refractivity contribution in [2.45, 2.75) is 16.4 Å². The molecular weight excluding hydrogens is 474 g/mol. The minimum absolute atomic E-state index is 0.0965. The Hall–Kier alpha value is -2.43. The number of carbonyl (C=O) groups is 1. The van der Waals surface area contributed by atoms with Gasteiger partial charge in [-0.3, -0.25) is 9.10 Å². The molecule has 2 aromatic carbocycles. The van der Waals surface area contributed by atoms with Crippen molar-refractivity contribution in [3.63, 3.8) is 0 Å². The van der Waals surface area contributed by atoms with Crippen LogP contribution in [0, 0.1) is 11.6 Å². The van der Waals surface area contributed by atoms with Gasteiger partial charge in [-0.1, -0.05) is 24.3 Å². The molecule has 10 heteroatoms. The number of thiophene rings is 1. The largest absolute Gasteiger partial charge is 0.354 e. The van der Waals surface area contributed by atoms with Crippen molar-refractivity contribution < 1.29 is 22.0 Å². The second-order valence-electron chi connectivity index (χ2n) is 6.77. The molecule has 0 aliphatic heterocycles. The van der Waals surface area contributed by atoms with Gasteiger partial charge in [0.25, 0.3) is 10.0 Å². The third kappa shape index (κ3) is 6.54. The number of rotatable bonds is 11. The summed E-state index contributed by atoms with van der Waals surface area (Å²) in [6, 6.07) is 14.6. The highest BCUT2D eigenvalue weighted by Crippen LogP contribution is 2.26. The summed E-state index contributed by atoms with van der Waals surface area (Å²) in [5, 5.41) is 4.35. The fraction of sp³-hybridized carbons (Fsp3) is 0.227. The lowest BCUT2D eigenvalue weighted by Crippen LogP contribution is -2.41. The van der Waals surface area contributed by atoms with Crippen molar-refractivity contribution in [3.8, 4) is 0 Å². The summed E-state index contributed by atoms with van der Waals surface area (Å²) in [5.41, 5.74) is 0.839. The van der Waals surface area contributed by atoms with Crippen LogP contribution in [0.2, 0.25) is 0 Å². The number of hydrogen-bond donors (Lipinski definition) is 1. The van der Waals surface area contributed by atoms with Crippen molar-refractivity contribution in [2.75, 3.05) is 23.1 Å². The van der Waals surface area contributed by atoms with E-state index in [4.69, 9.17) is 0 Å². The quantitative estimate of drug-likeness (QED) is 0.392. The average molecular weight is 497 g/mol. The number of hydrogen-bond acceptors (Lipinski definition) is 5. The van der Waals surface area contributed by atoms with Crippen LogP contribution in [0.25, 0.3) is 0 Å². The fourth-order valence-electron chi connectivity index (χ4n) is 2.83. The highest BCUT2D eigenvalue weighted by molar-refractivity contribution is 7.98. The van der Waals surface area contributed by atoms with Crippen molar-refractivity contribution in [3.05, 3.63) is 83.2 Å². The molecule has 1 heterocycles. The summed E-state index contributed by atoms with van der Waals surface area (Å²) < 4.78 is 54.0. The normalized spacial score (nSPS) is 11.3. The van der Waals surface area contributed by atoms with E-state index in [0.29, 0.717) is 30.0 Å². The highest BCUT2D eigenvalue weighted by Gasteiger charge is 2.28. The summed E-state index contributed by atoms with van der Waals surface area (Å²) in [4.78, 5) is 12.5. The van der Waals surface area contributed by atoms with Gasteiger partial charge in [0.2, 0.25) is 5.91 Å². The van der Waals surface area contributed by atoms with Crippen LogP contribution in [0.1, 0.15) is 12.0 Å². The molecule has 0 unspecified atom stereocenters. The molecule has 0 atom stereocenters. The minimum Gasteiger partial charge on any atom is -0.354 e. The van der Waals surface area contributed by atoms with Crippen LogP contribution >= 0.6 is 23.1 Å². The predicted molar refractivity (Wildman–Crippen MR) is 125 cm³/mol. The van der Waals surface area contributed by atoms with Gasteiger partial charge in [0, 0.05) is 12.3 Å². The topological polar surface area (TPSA) is 66.5 Å². The number of thioether (sulfide) groups is 1. The Labute approximate surface area is 194 Å². The van der Waals surface area contributed by atoms with Crippen molar-refractivity contribution >= 4 is 44.7 Å². The maximum Gasteiger partial charge on any atom is 0.274 e. The molecule has 0 saturated carbocycles. The molecule has 5 nitrogen and oxygen atoms in total. The first-order valence-corrected chi connectivity index (χ1v) is 13.2. The number of nitrogens with one attached hydrogen (secondary N) is 1. The number of carbonyl (C=O) groups excluding carboxylic acids is 1. The van der Waals surface area contributed by atoms with E-state index in [2.05, 4.69) is 5.32 Å². The summed E-state index contributed by atoms with van der Waals surface area (Å²) >= 11 is 2.60. The molecule has 1 amide bonds. The lowest BCUT2D eigenvalue weighted by atomic mass is 10.2. The van der Waals surface area contributed by atoms with Crippen LogP contribution in [0.4, 0.5) is 14.5 Å². The van der Waals surface area contributed by atoms with Gasteiger partial charge < -0.3 is 5.32 Å². The predicted octanol–water partition coefficient (Wildman–Crippen LogP) is 4.66. The molecule has 0 saturated heterocycles. The Morgan fingerprint density at radius 2 is 1.78 bits per heavy atom. The van der Waals surface area contributed by atoms with Crippen LogP contribution in [-0.2, 0) is 20.6 Å². The second kappa shape index (κ2) is 11.4. The van der Waals surface area contributed by atoms with E-state index >= 15 is 0 Å². The Kier molecular flexibility index (Phi) is 8.66. The van der Waals surface area contributed by atoms with Gasteiger partial charge >= 0.3 is 0 Å². The molecule has 170 valence electrons. The van der Waals surface area contributed by atoms with Crippen LogP contribution in [0.15, 0.2) is 70.3 Å². The number of sulfonamides is 1. The van der Waals surface area contributed by atoms with E-state index in [1.165, 1.54) is 24.3 Å². The molecule has 0 spiro atoms. The molecule has 0 fully saturated rings. The molecule has 3 aromatic rings. The molecule has 0 aliphatic carbocycles. The van der Waals surface area contributed by atoms with Gasteiger partial charge in [0.15, 0.2) is 0 Å². The highest BCUT2D eigenvalue weighted by atomic mass is 32.2. The summed E-state index contributed by atoms with van der Waals surface area (Å²) in [6.07, 6.45) is 0.652. The SMILES string of the molecule is O=C(CN(c1ccc(F)cc1)S(=O)(=O)c1cccs1)NCCCSCc1ccccc1F. The maximum atomic E-state index is 13.6. The minimum atomic E-state index is -3.96. The number of halogens is 2. The van der Waals surface area contributed by atoms with E-state index in [1.807, 2.05) is 0 Å². The van der Waals surface area contributed by atoms with Gasteiger partial charge in [-0.2, -0.15) is 11.8 Å². The van der Waals surface area contributed by atoms with Crippen LogP contribution in [-0.4, -0.2) is 33.2 Å². The molecule has 1 N–H and O–H groups in total. The Morgan fingerprint density at radius 1 is 1.03 bits per heavy atom. The zero-order chi connectivity index (χ0) is 23.0. The summed E-state index contributed by atoms with van der Waals surface area (Å²) in [6.45, 7) is -0.0619. The average Bonchev–Trinajstić information content (AvgIpc) is 3.32. The zero-order valence-electron chi connectivity index (χ0n) is 17.0. The van der Waals surface area contributed by atoms with E-state index < -0.39 is 28.3 Å². The van der Waals surface area contributed by atoms with E-state index in [9.17, 15) is 22.0 Å². The standard InChI is InChI=1S/C22H22F2N2O3S3/c23-18-8-10-19(11-9-18)26(32(28,29)22-7-3-14-31-22)15-21(27)25-12-4-13-30-16-17-5-1-2-6-20(17)24/h1-3,5-11,14H,4,12-13,15-16H2,(H,25,27). The first kappa shape index (κ1) is 24.2. The summed E-state index contributed by atoms with van der Waals surface area (Å²) in [7, 11) is -3.96. The molecule has 1 aromatic heterocycles. The monoisotopic (exact) mass is 496 g/mol. The maximum absolute atomic E-state index is 13.6. The Morgan fingerprint density at radius 3 is 2.47 bits per heavy atom. The molecular formula is C22H22F2N2O3S3. The fourth-order valence-corrected chi connectivity index (χ4v) is 6.30. The van der Waals surface area contributed by atoms with E-state index in [1.54, 1.807) is 41.4 Å². The van der Waals surface area contributed by atoms with Crippen molar-refractivity contribution in [2.24, 2.45) is 0 Å². The van der Waals surface area contributed by atoms with E-state index in [0.717, 1.165) is 27.8 Å². The zero-order valence-corrected chi connectivity index (χ0v) is 19.5. The molecule has 32 heavy (non-hydrogen) atoms. The van der Waals surface area contributed by atoms with Crippen LogP contribution < -0.4 is 9.62 Å². The van der Waals surface area contributed by atoms with E-state index in [-0.39, 0.29) is 15.7 Å². The first-order chi connectivity index (χ1) is 15.4. The third-order valence-corrected chi connectivity index (χ3v) is 8.68. The van der Waals surface area contributed by atoms with Gasteiger partial charge in [-0.05, 0) is 59.5 Å². The molecule has 0 radical (unpaired) electrons. The Bertz CT molecular complexity index is 1120. The second-order valence-corrected chi connectivity index (χ2v) is 10.9. The van der Waals surface area contributed by atoms with Gasteiger partial charge in [0.1, 0.15) is 22.4 Å². The number of benzene rings is 2. The smallest absolute Gasteiger partial charge is 0.274 e. The lowest BCUT2D eigenvalue weighted by Gasteiger charge is -2.23. The van der Waals surface area contributed by atoms with Gasteiger partial charge in [0.05, 0.1) is 5.69 Å². The number of amides is 1. The lowest BCUT2D eigenvalue weighted by molar-refractivity contribution is -0.119. The third-order valence-electron chi connectivity index (χ3n) is 4.44. The molecule has 0 bridgehead atoms. The number of anilines is 1. The van der Waals surface area contributed by atoms with Crippen molar-refractivity contribution in [1.82, 2.24) is 5.32 Å². The first-order valence-electron chi connectivity index (χ1n) is 9.77. The van der Waals surface area contributed by atoms with Crippen LogP contribution in [0.3, 0.4) is 0 Å². The number of nitrogens with zero attached hydrogens (tertiary/aromatic N) is 1. The summed E-state index contributed by atoms with van der Waals surface area (Å²) in [5.74, 6) is 0.0520. The molecule has 3 rings (SSSR count). The molecule has 0 aliphatic rings. The van der Waals surface area contributed by atoms with Crippen LogP contribution in [0.5, 0.6) is 0 Å². The van der Waals surface area contributed by atoms with Crippen molar-refractivity contribution in [1.29, 1.82) is 0 Å². The Balaban J connectivity index is 1.54.